The molecule has 10 heteroatoms. The molecule has 172 valence electrons. The minimum Gasteiger partial charge on any atom is -0.493 e. The van der Waals surface area contributed by atoms with Gasteiger partial charge in [-0.1, -0.05) is 24.3 Å². The second kappa shape index (κ2) is 13.4. The highest BCUT2D eigenvalue weighted by Gasteiger charge is 2.09. The number of methoxy groups -OCH3 is 1. The number of halogens is 1. The largest absolute Gasteiger partial charge is 0.493 e. The zero-order chi connectivity index (χ0) is 22.0. The highest BCUT2D eigenvalue weighted by atomic mass is 127. The van der Waals surface area contributed by atoms with Crippen molar-refractivity contribution in [2.45, 2.75) is 31.3 Å². The number of nitrogens with two attached hydrogens (primary N) is 1. The lowest BCUT2D eigenvalue weighted by Gasteiger charge is -2.16. The summed E-state index contributed by atoms with van der Waals surface area (Å²) in [6.07, 6.45) is 0.574. The molecule has 1 unspecified atom stereocenters. The van der Waals surface area contributed by atoms with E-state index in [0.717, 1.165) is 12.1 Å². The Morgan fingerprint density at radius 1 is 1.10 bits per heavy atom. The summed E-state index contributed by atoms with van der Waals surface area (Å²) >= 11 is 0. The first-order valence-corrected chi connectivity index (χ1v) is 11.3. The van der Waals surface area contributed by atoms with Gasteiger partial charge in [-0.05, 0) is 50.1 Å². The van der Waals surface area contributed by atoms with Gasteiger partial charge in [0.1, 0.15) is 6.10 Å². The van der Waals surface area contributed by atoms with Gasteiger partial charge in [0.15, 0.2) is 17.5 Å². The normalized spacial score (nSPS) is 12.5. The average Bonchev–Trinajstić information content (AvgIpc) is 2.72. The molecule has 0 amide bonds. The number of hydrogen-bond acceptors (Lipinski definition) is 5. The number of rotatable bonds is 10. The van der Waals surface area contributed by atoms with Crippen molar-refractivity contribution in [1.29, 1.82) is 0 Å². The molecule has 2 aromatic rings. The Bertz CT molecular complexity index is 937. The van der Waals surface area contributed by atoms with E-state index in [2.05, 4.69) is 15.6 Å². The maximum absolute atomic E-state index is 11.3. The number of hydrogen-bond donors (Lipinski definition) is 3. The van der Waals surface area contributed by atoms with E-state index in [1.807, 2.05) is 38.1 Å². The molecule has 0 bridgehead atoms. The summed E-state index contributed by atoms with van der Waals surface area (Å²) < 4.78 is 33.9. The number of nitrogens with zero attached hydrogens (tertiary/aromatic N) is 1. The Kier molecular flexibility index (Phi) is 11.6. The lowest BCUT2D eigenvalue weighted by molar-refractivity contribution is 0.219. The summed E-state index contributed by atoms with van der Waals surface area (Å²) in [6, 6.07) is 14.1. The van der Waals surface area contributed by atoms with Crippen molar-refractivity contribution in [2.75, 3.05) is 26.7 Å². The molecule has 0 fully saturated rings. The van der Waals surface area contributed by atoms with E-state index in [0.29, 0.717) is 37.0 Å². The van der Waals surface area contributed by atoms with Gasteiger partial charge in [0.05, 0.1) is 18.6 Å². The third-order valence-electron chi connectivity index (χ3n) is 4.21. The minimum atomic E-state index is -3.67. The molecule has 0 aliphatic rings. The Labute approximate surface area is 201 Å². The van der Waals surface area contributed by atoms with Crippen LogP contribution in [0.5, 0.6) is 11.5 Å². The zero-order valence-corrected chi connectivity index (χ0v) is 21.1. The van der Waals surface area contributed by atoms with Gasteiger partial charge in [-0.15, -0.1) is 24.0 Å². The predicted molar refractivity (Wildman–Crippen MR) is 134 cm³/mol. The monoisotopic (exact) mass is 562 g/mol. The molecule has 2 rings (SSSR count). The van der Waals surface area contributed by atoms with Gasteiger partial charge in [-0.25, -0.2) is 18.5 Å². The fraction of sp³-hybridized carbons (Fsp3) is 0.381. The van der Waals surface area contributed by atoms with Gasteiger partial charge in [0.25, 0.3) is 0 Å². The number of nitrogens with one attached hydrogen (secondary N) is 2. The average molecular weight is 562 g/mol. The highest BCUT2D eigenvalue weighted by molar-refractivity contribution is 14.0. The maximum atomic E-state index is 11.3. The molecule has 0 aliphatic heterocycles. The van der Waals surface area contributed by atoms with Crippen LogP contribution in [0, 0.1) is 0 Å². The van der Waals surface area contributed by atoms with Crippen LogP contribution >= 0.6 is 24.0 Å². The van der Waals surface area contributed by atoms with E-state index in [-0.39, 0.29) is 35.0 Å². The first-order valence-electron chi connectivity index (χ1n) is 9.77. The topological polar surface area (TPSA) is 115 Å². The summed E-state index contributed by atoms with van der Waals surface area (Å²) in [6.45, 7) is 5.79. The summed E-state index contributed by atoms with van der Waals surface area (Å²) in [5, 5.41) is 11.6. The first-order chi connectivity index (χ1) is 14.3. The van der Waals surface area contributed by atoms with Crippen LogP contribution in [0.25, 0.3) is 0 Å². The van der Waals surface area contributed by atoms with Crippen molar-refractivity contribution in [3.8, 4) is 11.5 Å². The Morgan fingerprint density at radius 3 is 2.32 bits per heavy atom. The molecule has 31 heavy (non-hydrogen) atoms. The lowest BCUT2D eigenvalue weighted by atomic mass is 10.1. The standard InChI is InChI=1S/C21H30N4O4S.HI/c1-4-23-21(24-14-13-17-9-11-18(12-10-17)30(22,26)27)25-15-16(2)29-20-8-6-5-7-19(20)28-3;/h5-12,16H,4,13-15H2,1-3H3,(H2,22,26,27)(H2,23,24,25);1H. The summed E-state index contributed by atoms with van der Waals surface area (Å²) in [5.41, 5.74) is 0.999. The Hall–Kier alpha value is -2.05. The van der Waals surface area contributed by atoms with Crippen LogP contribution in [0.15, 0.2) is 58.4 Å². The number of guanidine groups is 1. The molecular formula is C21H31IN4O4S. The van der Waals surface area contributed by atoms with Crippen LogP contribution in [-0.4, -0.2) is 47.2 Å². The molecule has 0 saturated carbocycles. The molecular weight excluding hydrogens is 531 g/mol. The van der Waals surface area contributed by atoms with Crippen LogP contribution in [0.2, 0.25) is 0 Å². The van der Waals surface area contributed by atoms with Crippen molar-refractivity contribution in [1.82, 2.24) is 10.6 Å². The molecule has 8 nitrogen and oxygen atoms in total. The predicted octanol–water partition coefficient (Wildman–Crippen LogP) is 2.53. The minimum absolute atomic E-state index is 0. The number of sulfonamides is 1. The molecule has 0 aliphatic carbocycles. The van der Waals surface area contributed by atoms with Crippen molar-refractivity contribution in [3.63, 3.8) is 0 Å². The van der Waals surface area contributed by atoms with Crippen molar-refractivity contribution in [2.24, 2.45) is 10.1 Å². The first kappa shape index (κ1) is 27.0. The quantitative estimate of drug-likeness (QED) is 0.233. The van der Waals surface area contributed by atoms with E-state index in [1.165, 1.54) is 12.1 Å². The number of aliphatic imine (C=N–C) groups is 1. The highest BCUT2D eigenvalue weighted by Crippen LogP contribution is 2.26. The van der Waals surface area contributed by atoms with Crippen molar-refractivity contribution < 1.29 is 17.9 Å². The van der Waals surface area contributed by atoms with Crippen LogP contribution in [-0.2, 0) is 16.4 Å². The van der Waals surface area contributed by atoms with Gasteiger partial charge in [-0.3, -0.25) is 0 Å². The second-order valence-corrected chi connectivity index (χ2v) is 8.23. The third-order valence-corrected chi connectivity index (χ3v) is 5.14. The second-order valence-electron chi connectivity index (χ2n) is 6.66. The molecule has 4 N–H and O–H groups in total. The molecule has 0 saturated heterocycles. The number of benzene rings is 2. The number of para-hydroxylation sites is 2. The molecule has 0 spiro atoms. The van der Waals surface area contributed by atoms with Gasteiger partial charge in [0.2, 0.25) is 10.0 Å². The van der Waals surface area contributed by atoms with Crippen LogP contribution < -0.4 is 25.2 Å². The fourth-order valence-corrected chi connectivity index (χ4v) is 3.22. The number of ether oxygens (including phenoxy) is 2. The molecule has 1 atom stereocenters. The van der Waals surface area contributed by atoms with Gasteiger partial charge in [-0.2, -0.15) is 0 Å². The molecule has 0 aromatic heterocycles. The number of primary sulfonamides is 1. The zero-order valence-electron chi connectivity index (χ0n) is 18.0. The van der Waals surface area contributed by atoms with Crippen molar-refractivity contribution in [3.05, 3.63) is 54.1 Å². The molecule has 2 aromatic carbocycles. The maximum Gasteiger partial charge on any atom is 0.238 e. The van der Waals surface area contributed by atoms with E-state index in [1.54, 1.807) is 19.2 Å². The third kappa shape index (κ3) is 9.32. The smallest absolute Gasteiger partial charge is 0.238 e. The fourth-order valence-electron chi connectivity index (χ4n) is 2.70. The Morgan fingerprint density at radius 2 is 1.74 bits per heavy atom. The summed E-state index contributed by atoms with van der Waals surface area (Å²) in [5.74, 6) is 2.06. The molecule has 0 heterocycles. The lowest BCUT2D eigenvalue weighted by Crippen LogP contribution is -2.39. The van der Waals surface area contributed by atoms with E-state index >= 15 is 0 Å². The SMILES string of the molecule is CCNC(=NCC(C)Oc1ccccc1OC)NCCc1ccc(S(N)(=O)=O)cc1.I. The Balaban J connectivity index is 0.00000480. The van der Waals surface area contributed by atoms with Gasteiger partial charge < -0.3 is 20.1 Å². The van der Waals surface area contributed by atoms with E-state index < -0.39 is 10.0 Å². The van der Waals surface area contributed by atoms with Crippen LogP contribution in [0.3, 0.4) is 0 Å². The van der Waals surface area contributed by atoms with Crippen LogP contribution in [0.4, 0.5) is 0 Å². The summed E-state index contributed by atoms with van der Waals surface area (Å²) in [4.78, 5) is 4.68. The summed E-state index contributed by atoms with van der Waals surface area (Å²) in [7, 11) is -2.06. The van der Waals surface area contributed by atoms with E-state index in [9.17, 15) is 8.42 Å². The van der Waals surface area contributed by atoms with Gasteiger partial charge in [0, 0.05) is 13.1 Å². The van der Waals surface area contributed by atoms with Crippen LogP contribution in [0.1, 0.15) is 19.4 Å². The van der Waals surface area contributed by atoms with Crippen molar-refractivity contribution >= 4 is 40.0 Å². The van der Waals surface area contributed by atoms with E-state index in [4.69, 9.17) is 14.6 Å². The molecule has 0 radical (unpaired) electrons. The van der Waals surface area contributed by atoms with Gasteiger partial charge >= 0.3 is 0 Å².